The third kappa shape index (κ3) is 2.60. The molecule has 0 aromatic heterocycles. The number of hydrogen-bond donors (Lipinski definition) is 1. The van der Waals surface area contributed by atoms with Gasteiger partial charge in [-0.25, -0.2) is 0 Å². The Hall–Kier alpha value is -0.300. The highest BCUT2D eigenvalue weighted by Crippen LogP contribution is 2.35. The van der Waals surface area contributed by atoms with Crippen molar-refractivity contribution in [2.45, 2.75) is 57.9 Å². The summed E-state index contributed by atoms with van der Waals surface area (Å²) in [4.78, 5) is 0. The quantitative estimate of drug-likeness (QED) is 0.678. The van der Waals surface area contributed by atoms with Crippen molar-refractivity contribution in [3.63, 3.8) is 0 Å². The van der Waals surface area contributed by atoms with Crippen LogP contribution in [0.2, 0.25) is 0 Å². The van der Waals surface area contributed by atoms with Crippen molar-refractivity contribution in [3.8, 4) is 0 Å². The lowest BCUT2D eigenvalue weighted by molar-refractivity contribution is 0.201. The first-order chi connectivity index (χ1) is 6.79. The zero-order valence-corrected chi connectivity index (χ0v) is 9.39. The van der Waals surface area contributed by atoms with Gasteiger partial charge in [-0.05, 0) is 31.1 Å². The second-order valence-electron chi connectivity index (χ2n) is 5.39. The van der Waals surface area contributed by atoms with E-state index in [0.717, 1.165) is 6.04 Å². The Bertz CT molecular complexity index is 193. The van der Waals surface area contributed by atoms with Crippen molar-refractivity contribution in [2.75, 3.05) is 6.54 Å². The summed E-state index contributed by atoms with van der Waals surface area (Å²) in [5.41, 5.74) is 0.598. The van der Waals surface area contributed by atoms with Gasteiger partial charge < -0.3 is 5.32 Å². The van der Waals surface area contributed by atoms with E-state index >= 15 is 0 Å². The first-order valence-corrected chi connectivity index (χ1v) is 6.17. The largest absolute Gasteiger partial charge is 0.313 e. The monoisotopic (exact) mass is 193 g/mol. The molecule has 2 aliphatic rings. The van der Waals surface area contributed by atoms with E-state index in [-0.39, 0.29) is 0 Å². The van der Waals surface area contributed by atoms with Crippen molar-refractivity contribution in [1.29, 1.82) is 0 Å². The van der Waals surface area contributed by atoms with Gasteiger partial charge in [-0.15, -0.1) is 0 Å². The van der Waals surface area contributed by atoms with Crippen molar-refractivity contribution in [2.24, 2.45) is 5.41 Å². The van der Waals surface area contributed by atoms with E-state index in [0.29, 0.717) is 5.41 Å². The van der Waals surface area contributed by atoms with Gasteiger partial charge in [0.25, 0.3) is 0 Å². The summed E-state index contributed by atoms with van der Waals surface area (Å²) in [6.45, 7) is 3.70. The molecule has 1 saturated carbocycles. The highest BCUT2D eigenvalue weighted by Gasteiger charge is 2.27. The molecule has 0 amide bonds. The van der Waals surface area contributed by atoms with Gasteiger partial charge in [0.15, 0.2) is 0 Å². The van der Waals surface area contributed by atoms with Crippen LogP contribution in [0.3, 0.4) is 0 Å². The molecule has 1 heteroatoms. The number of nitrogens with one attached hydrogen (secondary N) is 1. The van der Waals surface area contributed by atoms with E-state index in [1.807, 2.05) is 0 Å². The normalized spacial score (nSPS) is 26.9. The predicted molar refractivity (Wildman–Crippen MR) is 61.4 cm³/mol. The van der Waals surface area contributed by atoms with E-state index in [2.05, 4.69) is 24.4 Å². The first-order valence-electron chi connectivity index (χ1n) is 6.17. The Morgan fingerprint density at radius 3 is 2.43 bits per heavy atom. The Morgan fingerprint density at radius 1 is 1.14 bits per heavy atom. The summed E-state index contributed by atoms with van der Waals surface area (Å²) in [5, 5.41) is 3.73. The molecule has 1 fully saturated rings. The maximum absolute atomic E-state index is 3.73. The molecule has 0 heterocycles. The molecule has 80 valence electrons. The summed E-state index contributed by atoms with van der Waals surface area (Å²) >= 11 is 0. The first kappa shape index (κ1) is 10.2. The van der Waals surface area contributed by atoms with Gasteiger partial charge in [-0.1, -0.05) is 38.3 Å². The van der Waals surface area contributed by atoms with Gasteiger partial charge in [-0.2, -0.15) is 0 Å². The van der Waals surface area contributed by atoms with Gasteiger partial charge in [0, 0.05) is 12.6 Å². The Kier molecular flexibility index (Phi) is 3.27. The molecule has 1 N–H and O–H groups in total. The summed E-state index contributed by atoms with van der Waals surface area (Å²) in [7, 11) is 0. The van der Waals surface area contributed by atoms with Crippen LogP contribution in [0.1, 0.15) is 51.9 Å². The molecule has 0 saturated heterocycles. The molecule has 0 unspecified atom stereocenters. The molecule has 2 aliphatic carbocycles. The van der Waals surface area contributed by atoms with Gasteiger partial charge in [-0.3, -0.25) is 0 Å². The minimum atomic E-state index is 0.598. The smallest absolute Gasteiger partial charge is 0.0136 e. The minimum absolute atomic E-state index is 0.598. The van der Waals surface area contributed by atoms with Gasteiger partial charge in [0.2, 0.25) is 0 Å². The topological polar surface area (TPSA) is 12.0 Å². The van der Waals surface area contributed by atoms with Crippen LogP contribution < -0.4 is 5.32 Å². The molecular formula is C13H23N. The van der Waals surface area contributed by atoms with E-state index in [9.17, 15) is 0 Å². The van der Waals surface area contributed by atoms with Crippen LogP contribution in [0, 0.1) is 5.41 Å². The third-order valence-corrected chi connectivity index (χ3v) is 3.89. The molecule has 0 aromatic carbocycles. The van der Waals surface area contributed by atoms with E-state index in [4.69, 9.17) is 0 Å². The van der Waals surface area contributed by atoms with Gasteiger partial charge in [0.05, 0.1) is 0 Å². The van der Waals surface area contributed by atoms with Crippen molar-refractivity contribution >= 4 is 0 Å². The molecule has 2 rings (SSSR count). The van der Waals surface area contributed by atoms with Gasteiger partial charge >= 0.3 is 0 Å². The molecule has 0 radical (unpaired) electrons. The molecular weight excluding hydrogens is 170 g/mol. The number of hydrogen-bond acceptors (Lipinski definition) is 1. The summed E-state index contributed by atoms with van der Waals surface area (Å²) in [6.07, 6.45) is 14.3. The average molecular weight is 193 g/mol. The lowest BCUT2D eigenvalue weighted by Crippen LogP contribution is -2.38. The zero-order valence-electron chi connectivity index (χ0n) is 9.39. The lowest BCUT2D eigenvalue weighted by Gasteiger charge is -2.34. The second-order valence-corrected chi connectivity index (χ2v) is 5.39. The van der Waals surface area contributed by atoms with E-state index in [1.165, 1.54) is 51.5 Å². The fourth-order valence-electron chi connectivity index (χ4n) is 2.76. The SMILES string of the molecule is CC1(CNC2CC=CC2)CCCCC1. The lowest BCUT2D eigenvalue weighted by atomic mass is 9.75. The van der Waals surface area contributed by atoms with Crippen LogP contribution in [0.15, 0.2) is 12.2 Å². The molecule has 1 nitrogen and oxygen atoms in total. The fourth-order valence-corrected chi connectivity index (χ4v) is 2.76. The van der Waals surface area contributed by atoms with Crippen LogP contribution in [-0.4, -0.2) is 12.6 Å². The molecule has 0 bridgehead atoms. The van der Waals surface area contributed by atoms with Crippen molar-refractivity contribution in [3.05, 3.63) is 12.2 Å². The average Bonchev–Trinajstić information content (AvgIpc) is 2.69. The second kappa shape index (κ2) is 4.48. The minimum Gasteiger partial charge on any atom is -0.313 e. The van der Waals surface area contributed by atoms with Crippen LogP contribution in [0.4, 0.5) is 0 Å². The van der Waals surface area contributed by atoms with E-state index < -0.39 is 0 Å². The summed E-state index contributed by atoms with van der Waals surface area (Å²) in [6, 6.07) is 0.744. The molecule has 0 aromatic rings. The summed E-state index contributed by atoms with van der Waals surface area (Å²) < 4.78 is 0. The molecule has 0 spiro atoms. The van der Waals surface area contributed by atoms with Gasteiger partial charge in [0.1, 0.15) is 0 Å². The van der Waals surface area contributed by atoms with Crippen LogP contribution >= 0.6 is 0 Å². The van der Waals surface area contributed by atoms with E-state index in [1.54, 1.807) is 0 Å². The zero-order chi connectivity index (χ0) is 9.86. The number of rotatable bonds is 3. The Morgan fingerprint density at radius 2 is 1.79 bits per heavy atom. The Balaban J connectivity index is 1.72. The van der Waals surface area contributed by atoms with Crippen molar-refractivity contribution in [1.82, 2.24) is 5.32 Å². The highest BCUT2D eigenvalue weighted by atomic mass is 14.9. The van der Waals surface area contributed by atoms with Crippen LogP contribution in [-0.2, 0) is 0 Å². The Labute approximate surface area is 88.0 Å². The molecule has 14 heavy (non-hydrogen) atoms. The van der Waals surface area contributed by atoms with Crippen LogP contribution in [0.25, 0.3) is 0 Å². The highest BCUT2D eigenvalue weighted by molar-refractivity contribution is 4.98. The molecule has 0 atom stereocenters. The summed E-state index contributed by atoms with van der Waals surface area (Å²) in [5.74, 6) is 0. The van der Waals surface area contributed by atoms with Crippen LogP contribution in [0.5, 0.6) is 0 Å². The maximum Gasteiger partial charge on any atom is 0.0136 e. The maximum atomic E-state index is 3.73. The predicted octanol–water partition coefficient (Wildman–Crippen LogP) is 3.27. The fraction of sp³-hybridized carbons (Fsp3) is 0.846. The standard InChI is InChI=1S/C13H23N/c1-13(9-5-2-6-10-13)11-14-12-7-3-4-8-12/h3-4,12,14H,2,5-11H2,1H3. The molecule has 0 aliphatic heterocycles. The third-order valence-electron chi connectivity index (χ3n) is 3.89. The van der Waals surface area contributed by atoms with Crippen molar-refractivity contribution < 1.29 is 0 Å².